The lowest BCUT2D eigenvalue weighted by Gasteiger charge is -2.07. The van der Waals surface area contributed by atoms with Crippen LogP contribution in [0.3, 0.4) is 0 Å². The second kappa shape index (κ2) is 4.76. The van der Waals surface area contributed by atoms with Crippen molar-refractivity contribution in [3.05, 3.63) is 35.7 Å². The number of hydrogen-bond acceptors (Lipinski definition) is 5. The van der Waals surface area contributed by atoms with Crippen LogP contribution in [0, 0.1) is 0 Å². The molecule has 7 nitrogen and oxygen atoms in total. The molecule has 1 amide bonds. The van der Waals surface area contributed by atoms with Gasteiger partial charge in [-0.05, 0) is 17.7 Å². The predicted octanol–water partition coefficient (Wildman–Crippen LogP) is 0.661. The first-order valence-electron chi connectivity index (χ1n) is 6.09. The Balaban J connectivity index is 1.69. The normalized spacial score (nSPS) is 12.4. The SMILES string of the molecule is Cn1ncc(N)c1C(=O)NCc1ccc2c(c1)OCO2. The molecule has 0 aliphatic carbocycles. The van der Waals surface area contributed by atoms with Crippen molar-refractivity contribution in [3.63, 3.8) is 0 Å². The van der Waals surface area contributed by atoms with Crippen LogP contribution in [0.1, 0.15) is 16.1 Å². The first-order valence-corrected chi connectivity index (χ1v) is 6.09. The largest absolute Gasteiger partial charge is 0.454 e. The number of fused-ring (bicyclic) bond motifs is 1. The van der Waals surface area contributed by atoms with Crippen LogP contribution < -0.4 is 20.5 Å². The van der Waals surface area contributed by atoms with E-state index in [4.69, 9.17) is 15.2 Å². The van der Waals surface area contributed by atoms with E-state index in [1.165, 1.54) is 10.9 Å². The highest BCUT2D eigenvalue weighted by molar-refractivity contribution is 5.97. The zero-order valence-electron chi connectivity index (χ0n) is 10.9. The van der Waals surface area contributed by atoms with Crippen LogP contribution >= 0.6 is 0 Å². The summed E-state index contributed by atoms with van der Waals surface area (Å²) in [6.07, 6.45) is 1.45. The third-order valence-electron chi connectivity index (χ3n) is 3.07. The Morgan fingerprint density at radius 3 is 3.00 bits per heavy atom. The van der Waals surface area contributed by atoms with Gasteiger partial charge < -0.3 is 20.5 Å². The van der Waals surface area contributed by atoms with Gasteiger partial charge in [0.25, 0.3) is 5.91 Å². The first-order chi connectivity index (χ1) is 9.65. The van der Waals surface area contributed by atoms with Crippen LogP contribution in [-0.4, -0.2) is 22.5 Å². The molecule has 3 rings (SSSR count). The van der Waals surface area contributed by atoms with E-state index in [-0.39, 0.29) is 12.7 Å². The number of hydrogen-bond donors (Lipinski definition) is 2. The van der Waals surface area contributed by atoms with Crippen molar-refractivity contribution in [2.24, 2.45) is 7.05 Å². The Bertz CT molecular complexity index is 646. The maximum Gasteiger partial charge on any atom is 0.271 e. The van der Waals surface area contributed by atoms with Gasteiger partial charge in [-0.3, -0.25) is 9.48 Å². The summed E-state index contributed by atoms with van der Waals surface area (Å²) in [5.74, 6) is 1.15. The zero-order valence-corrected chi connectivity index (χ0v) is 10.9. The highest BCUT2D eigenvalue weighted by atomic mass is 16.7. The van der Waals surface area contributed by atoms with Gasteiger partial charge in [-0.1, -0.05) is 6.07 Å². The smallest absolute Gasteiger partial charge is 0.271 e. The molecule has 104 valence electrons. The molecule has 1 aliphatic rings. The third kappa shape index (κ3) is 2.13. The van der Waals surface area contributed by atoms with E-state index in [1.54, 1.807) is 7.05 Å². The van der Waals surface area contributed by atoms with E-state index in [0.29, 0.717) is 23.7 Å². The Morgan fingerprint density at radius 2 is 2.25 bits per heavy atom. The van der Waals surface area contributed by atoms with Crippen molar-refractivity contribution in [1.29, 1.82) is 0 Å². The van der Waals surface area contributed by atoms with E-state index in [1.807, 2.05) is 18.2 Å². The van der Waals surface area contributed by atoms with Crippen LogP contribution in [0.15, 0.2) is 24.4 Å². The lowest BCUT2D eigenvalue weighted by Crippen LogP contribution is -2.26. The average Bonchev–Trinajstić information content (AvgIpc) is 3.02. The lowest BCUT2D eigenvalue weighted by molar-refractivity contribution is 0.0942. The standard InChI is InChI=1S/C13H14N4O3/c1-17-12(9(14)6-16-17)13(18)15-5-8-2-3-10-11(4-8)20-7-19-10/h2-4,6H,5,7,14H2,1H3,(H,15,18). The van der Waals surface area contributed by atoms with E-state index in [2.05, 4.69) is 10.4 Å². The number of anilines is 1. The average molecular weight is 274 g/mol. The topological polar surface area (TPSA) is 91.4 Å². The van der Waals surface area contributed by atoms with Crippen molar-refractivity contribution in [1.82, 2.24) is 15.1 Å². The second-order valence-corrected chi connectivity index (χ2v) is 4.44. The molecule has 3 N–H and O–H groups in total. The molecule has 1 aromatic carbocycles. The van der Waals surface area contributed by atoms with E-state index in [0.717, 1.165) is 11.3 Å². The molecule has 0 saturated heterocycles. The van der Waals surface area contributed by atoms with Crippen molar-refractivity contribution in [2.75, 3.05) is 12.5 Å². The number of nitrogens with one attached hydrogen (secondary N) is 1. The van der Waals surface area contributed by atoms with Crippen molar-refractivity contribution < 1.29 is 14.3 Å². The van der Waals surface area contributed by atoms with Gasteiger partial charge in [0.2, 0.25) is 6.79 Å². The number of amides is 1. The summed E-state index contributed by atoms with van der Waals surface area (Å²) >= 11 is 0. The molecular weight excluding hydrogens is 260 g/mol. The summed E-state index contributed by atoms with van der Waals surface area (Å²) in [6, 6.07) is 5.54. The Hall–Kier alpha value is -2.70. The molecule has 0 radical (unpaired) electrons. The third-order valence-corrected chi connectivity index (χ3v) is 3.07. The van der Waals surface area contributed by atoms with Gasteiger partial charge in [0.1, 0.15) is 5.69 Å². The molecule has 0 unspecified atom stereocenters. The van der Waals surface area contributed by atoms with Crippen molar-refractivity contribution >= 4 is 11.6 Å². The number of carbonyl (C=O) groups excluding carboxylic acids is 1. The molecule has 0 bridgehead atoms. The van der Waals surface area contributed by atoms with Crippen LogP contribution in [0.5, 0.6) is 11.5 Å². The van der Waals surface area contributed by atoms with Gasteiger partial charge >= 0.3 is 0 Å². The van der Waals surface area contributed by atoms with E-state index >= 15 is 0 Å². The fourth-order valence-electron chi connectivity index (χ4n) is 2.05. The highest BCUT2D eigenvalue weighted by Crippen LogP contribution is 2.32. The van der Waals surface area contributed by atoms with Gasteiger partial charge in [0, 0.05) is 13.6 Å². The summed E-state index contributed by atoms with van der Waals surface area (Å²) in [4.78, 5) is 12.0. The van der Waals surface area contributed by atoms with Crippen LogP contribution in [0.4, 0.5) is 5.69 Å². The molecule has 0 saturated carbocycles. The Kier molecular flexibility index (Phi) is 2.94. The predicted molar refractivity (Wildman–Crippen MR) is 71.4 cm³/mol. The van der Waals surface area contributed by atoms with Gasteiger partial charge in [-0.25, -0.2) is 0 Å². The molecule has 7 heteroatoms. The summed E-state index contributed by atoms with van der Waals surface area (Å²) in [5, 5.41) is 6.73. The molecule has 1 aliphatic heterocycles. The van der Waals surface area contributed by atoms with Gasteiger partial charge in [0.15, 0.2) is 11.5 Å². The van der Waals surface area contributed by atoms with Gasteiger partial charge in [0.05, 0.1) is 11.9 Å². The molecule has 1 aromatic heterocycles. The van der Waals surface area contributed by atoms with Crippen LogP contribution in [0.2, 0.25) is 0 Å². The van der Waals surface area contributed by atoms with Crippen molar-refractivity contribution in [2.45, 2.75) is 6.54 Å². The second-order valence-electron chi connectivity index (χ2n) is 4.44. The number of nitrogens with two attached hydrogens (primary N) is 1. The Labute approximate surface area is 115 Å². The first kappa shape index (κ1) is 12.3. The van der Waals surface area contributed by atoms with E-state index in [9.17, 15) is 4.79 Å². The van der Waals surface area contributed by atoms with E-state index < -0.39 is 0 Å². The molecule has 0 fully saturated rings. The number of carbonyl (C=O) groups is 1. The maximum absolute atomic E-state index is 12.0. The number of nitrogens with zero attached hydrogens (tertiary/aromatic N) is 2. The van der Waals surface area contributed by atoms with Crippen LogP contribution in [-0.2, 0) is 13.6 Å². The molecule has 2 heterocycles. The quantitative estimate of drug-likeness (QED) is 0.858. The summed E-state index contributed by atoms with van der Waals surface area (Å²) in [5.41, 5.74) is 7.33. The fraction of sp³-hybridized carbons (Fsp3) is 0.231. The lowest BCUT2D eigenvalue weighted by atomic mass is 10.2. The summed E-state index contributed by atoms with van der Waals surface area (Å²) in [6.45, 7) is 0.608. The fourth-order valence-corrected chi connectivity index (χ4v) is 2.05. The highest BCUT2D eigenvalue weighted by Gasteiger charge is 2.16. The summed E-state index contributed by atoms with van der Waals surface area (Å²) < 4.78 is 12.0. The monoisotopic (exact) mass is 274 g/mol. The minimum absolute atomic E-state index is 0.233. The molecule has 2 aromatic rings. The number of ether oxygens (including phenoxy) is 2. The zero-order chi connectivity index (χ0) is 14.1. The molecule has 20 heavy (non-hydrogen) atoms. The number of aromatic nitrogens is 2. The summed E-state index contributed by atoms with van der Waals surface area (Å²) in [7, 11) is 1.67. The molecular formula is C13H14N4O3. The number of benzene rings is 1. The minimum Gasteiger partial charge on any atom is -0.454 e. The van der Waals surface area contributed by atoms with Crippen LogP contribution in [0.25, 0.3) is 0 Å². The maximum atomic E-state index is 12.0. The van der Waals surface area contributed by atoms with Gasteiger partial charge in [-0.2, -0.15) is 5.10 Å². The molecule has 0 spiro atoms. The van der Waals surface area contributed by atoms with Crippen molar-refractivity contribution in [3.8, 4) is 11.5 Å². The number of aryl methyl sites for hydroxylation is 1. The minimum atomic E-state index is -0.264. The molecule has 0 atom stereocenters. The Morgan fingerprint density at radius 1 is 1.45 bits per heavy atom. The van der Waals surface area contributed by atoms with Gasteiger partial charge in [-0.15, -0.1) is 0 Å². The number of rotatable bonds is 3. The number of nitrogen functional groups attached to an aromatic ring is 1.